The van der Waals surface area contributed by atoms with Crippen LogP contribution in [-0.2, 0) is 16.1 Å². The van der Waals surface area contributed by atoms with Gasteiger partial charge in [0.1, 0.15) is 16.9 Å². The molecule has 1 aromatic carbocycles. The standard InChI is InChI=1S/C21H21F2N3O3S/c1-13-14(2)20(30-12-18(27)25-17-5-3-4-10-24-17)26(19(13)28)11-15-6-8-16(9-7-15)29-21(22)23/h3-10,20-21H,11-12H2,1-2H3,(H,24,25,27). The van der Waals surface area contributed by atoms with Crippen LogP contribution >= 0.6 is 11.8 Å². The third-order valence-electron chi connectivity index (χ3n) is 4.63. The molecule has 3 rings (SSSR count). The van der Waals surface area contributed by atoms with Gasteiger partial charge in [-0.2, -0.15) is 8.78 Å². The first kappa shape index (κ1) is 21.8. The van der Waals surface area contributed by atoms with Gasteiger partial charge in [-0.05, 0) is 49.2 Å². The van der Waals surface area contributed by atoms with E-state index in [0.717, 1.165) is 11.1 Å². The Morgan fingerprint density at radius 3 is 2.60 bits per heavy atom. The van der Waals surface area contributed by atoms with Crippen molar-refractivity contribution in [2.75, 3.05) is 11.1 Å². The van der Waals surface area contributed by atoms with Gasteiger partial charge in [-0.25, -0.2) is 4.98 Å². The lowest BCUT2D eigenvalue weighted by molar-refractivity contribution is -0.126. The van der Waals surface area contributed by atoms with Crippen molar-refractivity contribution in [3.63, 3.8) is 0 Å². The molecular formula is C21H21F2N3O3S. The van der Waals surface area contributed by atoms with Gasteiger partial charge in [-0.3, -0.25) is 9.59 Å². The summed E-state index contributed by atoms with van der Waals surface area (Å²) in [6.07, 6.45) is 1.59. The molecular weight excluding hydrogens is 412 g/mol. The predicted octanol–water partition coefficient (Wildman–Crippen LogP) is 4.06. The van der Waals surface area contributed by atoms with Crippen molar-refractivity contribution in [1.82, 2.24) is 9.88 Å². The number of rotatable bonds is 8. The Bertz CT molecular complexity index is 936. The molecule has 1 aliphatic heterocycles. The van der Waals surface area contributed by atoms with Crippen molar-refractivity contribution in [3.05, 3.63) is 65.4 Å². The Balaban J connectivity index is 1.64. The minimum Gasteiger partial charge on any atom is -0.435 e. The fraction of sp³-hybridized carbons (Fsp3) is 0.286. The van der Waals surface area contributed by atoms with Crippen LogP contribution in [0.25, 0.3) is 0 Å². The van der Waals surface area contributed by atoms with E-state index in [2.05, 4.69) is 15.0 Å². The van der Waals surface area contributed by atoms with Crippen LogP contribution in [0.5, 0.6) is 5.75 Å². The molecule has 0 saturated heterocycles. The molecule has 1 atom stereocenters. The van der Waals surface area contributed by atoms with Gasteiger partial charge in [0, 0.05) is 18.3 Å². The highest BCUT2D eigenvalue weighted by Crippen LogP contribution is 2.34. The van der Waals surface area contributed by atoms with Crippen LogP contribution in [0.15, 0.2) is 59.8 Å². The second-order valence-corrected chi connectivity index (χ2v) is 7.76. The number of nitrogens with one attached hydrogen (secondary N) is 1. The van der Waals surface area contributed by atoms with Gasteiger partial charge >= 0.3 is 6.61 Å². The molecule has 2 heterocycles. The topological polar surface area (TPSA) is 71.5 Å². The number of nitrogens with zero attached hydrogens (tertiary/aromatic N) is 2. The number of thioether (sulfide) groups is 1. The van der Waals surface area contributed by atoms with Crippen LogP contribution in [0, 0.1) is 0 Å². The van der Waals surface area contributed by atoms with E-state index < -0.39 is 6.61 Å². The monoisotopic (exact) mass is 433 g/mol. The molecule has 0 saturated carbocycles. The first-order valence-corrected chi connectivity index (χ1v) is 10.2. The minimum absolute atomic E-state index is 0.0594. The molecule has 158 valence electrons. The van der Waals surface area contributed by atoms with Crippen LogP contribution in [-0.4, -0.2) is 39.4 Å². The van der Waals surface area contributed by atoms with Crippen LogP contribution in [0.2, 0.25) is 0 Å². The van der Waals surface area contributed by atoms with Crippen molar-refractivity contribution < 1.29 is 23.1 Å². The lowest BCUT2D eigenvalue weighted by Gasteiger charge is -2.26. The van der Waals surface area contributed by atoms with E-state index in [1.165, 1.54) is 23.9 Å². The number of hydrogen-bond acceptors (Lipinski definition) is 5. The molecule has 2 amide bonds. The summed E-state index contributed by atoms with van der Waals surface area (Å²) in [6, 6.07) is 11.4. The zero-order valence-electron chi connectivity index (χ0n) is 16.5. The summed E-state index contributed by atoms with van der Waals surface area (Å²) >= 11 is 1.35. The molecule has 0 radical (unpaired) electrons. The van der Waals surface area contributed by atoms with E-state index in [0.29, 0.717) is 17.9 Å². The molecule has 1 unspecified atom stereocenters. The maximum absolute atomic E-state index is 12.7. The fourth-order valence-corrected chi connectivity index (χ4v) is 4.18. The van der Waals surface area contributed by atoms with Gasteiger partial charge in [0.2, 0.25) is 5.91 Å². The number of aromatic nitrogens is 1. The van der Waals surface area contributed by atoms with Crippen molar-refractivity contribution in [3.8, 4) is 5.75 Å². The Morgan fingerprint density at radius 2 is 1.97 bits per heavy atom. The van der Waals surface area contributed by atoms with Gasteiger partial charge in [-0.1, -0.05) is 18.2 Å². The second kappa shape index (κ2) is 9.71. The molecule has 30 heavy (non-hydrogen) atoms. The Hall–Kier alpha value is -2.94. The van der Waals surface area contributed by atoms with E-state index in [4.69, 9.17) is 0 Å². The number of hydrogen-bond donors (Lipinski definition) is 1. The van der Waals surface area contributed by atoms with Crippen LogP contribution in [0.3, 0.4) is 0 Å². The predicted molar refractivity (Wildman–Crippen MR) is 111 cm³/mol. The number of halogens is 2. The largest absolute Gasteiger partial charge is 0.435 e. The fourth-order valence-electron chi connectivity index (χ4n) is 3.02. The zero-order valence-corrected chi connectivity index (χ0v) is 17.3. The van der Waals surface area contributed by atoms with Crippen LogP contribution < -0.4 is 10.1 Å². The third-order valence-corrected chi connectivity index (χ3v) is 5.99. The van der Waals surface area contributed by atoms with Crippen LogP contribution in [0.4, 0.5) is 14.6 Å². The number of anilines is 1. The molecule has 0 spiro atoms. The highest BCUT2D eigenvalue weighted by Gasteiger charge is 2.35. The summed E-state index contributed by atoms with van der Waals surface area (Å²) in [5.74, 6) is 0.359. The Labute approximate surface area is 177 Å². The van der Waals surface area contributed by atoms with Crippen molar-refractivity contribution in [2.45, 2.75) is 32.4 Å². The first-order chi connectivity index (χ1) is 14.3. The van der Waals surface area contributed by atoms with Crippen molar-refractivity contribution in [2.24, 2.45) is 0 Å². The van der Waals surface area contributed by atoms with E-state index in [1.807, 2.05) is 6.92 Å². The number of benzene rings is 1. The molecule has 2 aromatic rings. The summed E-state index contributed by atoms with van der Waals surface area (Å²) in [7, 11) is 0. The van der Waals surface area contributed by atoms with Crippen LogP contribution in [0.1, 0.15) is 19.4 Å². The van der Waals surface area contributed by atoms with E-state index in [1.54, 1.807) is 48.4 Å². The number of carbonyl (C=O) groups excluding carboxylic acids is 2. The molecule has 1 N–H and O–H groups in total. The number of alkyl halides is 2. The average molecular weight is 433 g/mol. The lowest BCUT2D eigenvalue weighted by Crippen LogP contribution is -2.34. The number of carbonyl (C=O) groups is 2. The Morgan fingerprint density at radius 1 is 1.23 bits per heavy atom. The summed E-state index contributed by atoms with van der Waals surface area (Å²) < 4.78 is 29.0. The van der Waals surface area contributed by atoms with Gasteiger partial charge < -0.3 is 15.0 Å². The van der Waals surface area contributed by atoms with E-state index in [-0.39, 0.29) is 28.7 Å². The number of pyridine rings is 1. The van der Waals surface area contributed by atoms with Gasteiger partial charge in [0.15, 0.2) is 0 Å². The second-order valence-electron chi connectivity index (χ2n) is 6.69. The molecule has 0 bridgehead atoms. The summed E-state index contributed by atoms with van der Waals surface area (Å²) in [5, 5.41) is 2.44. The minimum atomic E-state index is -2.89. The maximum Gasteiger partial charge on any atom is 0.387 e. The summed E-state index contributed by atoms with van der Waals surface area (Å²) in [5.41, 5.74) is 2.32. The molecule has 1 aromatic heterocycles. The van der Waals surface area contributed by atoms with Crippen molar-refractivity contribution in [1.29, 1.82) is 0 Å². The van der Waals surface area contributed by atoms with E-state index in [9.17, 15) is 18.4 Å². The number of ether oxygens (including phenoxy) is 1. The highest BCUT2D eigenvalue weighted by atomic mass is 32.2. The van der Waals surface area contributed by atoms with Gasteiger partial charge in [0.05, 0.1) is 5.75 Å². The molecule has 6 nitrogen and oxygen atoms in total. The molecule has 0 fully saturated rings. The number of amides is 2. The van der Waals surface area contributed by atoms with Gasteiger partial charge in [-0.15, -0.1) is 11.8 Å². The molecule has 9 heteroatoms. The van der Waals surface area contributed by atoms with E-state index >= 15 is 0 Å². The summed E-state index contributed by atoms with van der Waals surface area (Å²) in [6.45, 7) is 1.05. The quantitative estimate of drug-likeness (QED) is 0.680. The van der Waals surface area contributed by atoms with Crippen molar-refractivity contribution >= 4 is 29.4 Å². The average Bonchev–Trinajstić information content (AvgIpc) is 2.92. The SMILES string of the molecule is CC1=C(C)C(SCC(=O)Nc2ccccn2)N(Cc2ccc(OC(F)F)cc2)C1=O. The first-order valence-electron chi connectivity index (χ1n) is 9.19. The Kier molecular flexibility index (Phi) is 7.04. The van der Waals surface area contributed by atoms with Gasteiger partial charge in [0.25, 0.3) is 5.91 Å². The molecule has 1 aliphatic rings. The smallest absolute Gasteiger partial charge is 0.387 e. The third kappa shape index (κ3) is 5.35. The highest BCUT2D eigenvalue weighted by molar-refractivity contribution is 8.00. The maximum atomic E-state index is 12.7. The zero-order chi connectivity index (χ0) is 21.7. The summed E-state index contributed by atoms with van der Waals surface area (Å²) in [4.78, 5) is 30.7. The lowest BCUT2D eigenvalue weighted by atomic mass is 10.2. The normalized spacial score (nSPS) is 16.4. The molecule has 0 aliphatic carbocycles.